The highest BCUT2D eigenvalue weighted by Gasteiger charge is 2.24. The molecular formula is C22H28N2O4S. The number of aryl methyl sites for hydroxylation is 1. The molecule has 6 nitrogen and oxygen atoms in total. The molecule has 1 fully saturated rings. The molecule has 29 heavy (non-hydrogen) atoms. The quantitative estimate of drug-likeness (QED) is 0.744. The van der Waals surface area contributed by atoms with Gasteiger partial charge in [0.25, 0.3) is 0 Å². The summed E-state index contributed by atoms with van der Waals surface area (Å²) in [6.07, 6.45) is 4.88. The standard InChI is InChI=1S/C22H28N2O4S/c1-28-20-11-9-19(10-12-20)23-22(25)15-8-18-6-13-21(14-7-18)29(26,27)24-16-4-2-3-5-17-24/h6-7,9-14H,2-5,8,15-17H2,1H3,(H,23,25). The summed E-state index contributed by atoms with van der Waals surface area (Å²) in [5, 5.41) is 2.85. The molecule has 0 spiro atoms. The molecule has 0 bridgehead atoms. The van der Waals surface area contributed by atoms with Crippen LogP contribution in [0.1, 0.15) is 37.7 Å². The molecule has 0 aromatic heterocycles. The molecule has 7 heteroatoms. The minimum absolute atomic E-state index is 0.0866. The Morgan fingerprint density at radius 3 is 2.17 bits per heavy atom. The van der Waals surface area contributed by atoms with E-state index in [0.29, 0.717) is 30.8 Å². The fourth-order valence-corrected chi connectivity index (χ4v) is 4.93. The topological polar surface area (TPSA) is 75.7 Å². The Kier molecular flexibility index (Phi) is 7.28. The largest absolute Gasteiger partial charge is 0.497 e. The number of hydrogen-bond acceptors (Lipinski definition) is 4. The van der Waals surface area contributed by atoms with Gasteiger partial charge in [0.2, 0.25) is 15.9 Å². The lowest BCUT2D eigenvalue weighted by atomic mass is 10.1. The van der Waals surface area contributed by atoms with E-state index in [1.165, 1.54) is 0 Å². The maximum absolute atomic E-state index is 12.8. The molecule has 1 aliphatic rings. The van der Waals surface area contributed by atoms with Crippen molar-refractivity contribution < 1.29 is 17.9 Å². The number of rotatable bonds is 7. The number of benzene rings is 2. The van der Waals surface area contributed by atoms with Crippen molar-refractivity contribution in [3.05, 3.63) is 54.1 Å². The van der Waals surface area contributed by atoms with E-state index in [-0.39, 0.29) is 5.91 Å². The second kappa shape index (κ2) is 9.89. The third kappa shape index (κ3) is 5.81. The van der Waals surface area contributed by atoms with Crippen LogP contribution in [0.25, 0.3) is 0 Å². The van der Waals surface area contributed by atoms with Gasteiger partial charge in [-0.2, -0.15) is 4.31 Å². The summed E-state index contributed by atoms with van der Waals surface area (Å²) in [6, 6.07) is 14.1. The Balaban J connectivity index is 1.55. The lowest BCUT2D eigenvalue weighted by Crippen LogP contribution is -2.31. The summed E-state index contributed by atoms with van der Waals surface area (Å²) in [4.78, 5) is 12.5. The first kappa shape index (κ1) is 21.3. The van der Waals surface area contributed by atoms with Crippen LogP contribution in [-0.2, 0) is 21.2 Å². The van der Waals surface area contributed by atoms with Gasteiger partial charge in [0, 0.05) is 25.2 Å². The molecule has 1 N–H and O–H groups in total. The Morgan fingerprint density at radius 2 is 1.59 bits per heavy atom. The van der Waals surface area contributed by atoms with E-state index >= 15 is 0 Å². The second-order valence-electron chi connectivity index (χ2n) is 7.24. The Morgan fingerprint density at radius 1 is 0.966 bits per heavy atom. The summed E-state index contributed by atoms with van der Waals surface area (Å²) in [7, 11) is -1.84. The molecule has 0 atom stereocenters. The van der Waals surface area contributed by atoms with Crippen molar-refractivity contribution in [1.82, 2.24) is 4.31 Å². The second-order valence-corrected chi connectivity index (χ2v) is 9.18. The minimum atomic E-state index is -3.44. The number of amides is 1. The molecule has 0 unspecified atom stereocenters. The summed E-state index contributed by atoms with van der Waals surface area (Å²) in [5.41, 5.74) is 1.65. The molecule has 2 aromatic carbocycles. The first-order valence-electron chi connectivity index (χ1n) is 10.0. The van der Waals surface area contributed by atoms with Crippen molar-refractivity contribution in [1.29, 1.82) is 0 Å². The number of nitrogens with one attached hydrogen (secondary N) is 1. The summed E-state index contributed by atoms with van der Waals surface area (Å²) in [6.45, 7) is 1.19. The van der Waals surface area contributed by atoms with Crippen LogP contribution in [0.3, 0.4) is 0 Å². The number of carbonyl (C=O) groups excluding carboxylic acids is 1. The average Bonchev–Trinajstić information content (AvgIpc) is 3.03. The fourth-order valence-electron chi connectivity index (χ4n) is 3.41. The third-order valence-corrected chi connectivity index (χ3v) is 7.05. The maximum atomic E-state index is 12.8. The van der Waals surface area contributed by atoms with Gasteiger partial charge in [-0.3, -0.25) is 4.79 Å². The van der Waals surface area contributed by atoms with Crippen molar-refractivity contribution >= 4 is 21.6 Å². The van der Waals surface area contributed by atoms with Crippen molar-refractivity contribution in [2.24, 2.45) is 0 Å². The van der Waals surface area contributed by atoms with Crippen LogP contribution in [0.4, 0.5) is 5.69 Å². The lowest BCUT2D eigenvalue weighted by molar-refractivity contribution is -0.116. The van der Waals surface area contributed by atoms with Crippen molar-refractivity contribution in [2.45, 2.75) is 43.4 Å². The van der Waals surface area contributed by atoms with Crippen LogP contribution in [0.2, 0.25) is 0 Å². The summed E-state index contributed by atoms with van der Waals surface area (Å²) in [5.74, 6) is 0.648. The van der Waals surface area contributed by atoms with Crippen LogP contribution in [0, 0.1) is 0 Å². The molecule has 0 radical (unpaired) electrons. The first-order valence-corrected chi connectivity index (χ1v) is 11.5. The van der Waals surface area contributed by atoms with Gasteiger partial charge >= 0.3 is 0 Å². The molecule has 0 aliphatic carbocycles. The molecule has 3 rings (SSSR count). The molecule has 1 saturated heterocycles. The zero-order chi connectivity index (χ0) is 20.7. The number of ether oxygens (including phenoxy) is 1. The number of carbonyl (C=O) groups is 1. The van der Waals surface area contributed by atoms with E-state index in [2.05, 4.69) is 5.32 Å². The highest BCUT2D eigenvalue weighted by atomic mass is 32.2. The minimum Gasteiger partial charge on any atom is -0.497 e. The van der Waals surface area contributed by atoms with Gasteiger partial charge < -0.3 is 10.1 Å². The molecule has 1 amide bonds. The van der Waals surface area contributed by atoms with Gasteiger partial charge in [-0.05, 0) is 61.2 Å². The van der Waals surface area contributed by atoms with E-state index in [1.54, 1.807) is 59.9 Å². The van der Waals surface area contributed by atoms with Crippen molar-refractivity contribution in [3.8, 4) is 5.75 Å². The predicted octanol–water partition coefficient (Wildman–Crippen LogP) is 3.83. The van der Waals surface area contributed by atoms with Gasteiger partial charge in [0.15, 0.2) is 0 Å². The SMILES string of the molecule is COc1ccc(NC(=O)CCc2ccc(S(=O)(=O)N3CCCCCC3)cc2)cc1. The van der Waals surface area contributed by atoms with Crippen molar-refractivity contribution in [2.75, 3.05) is 25.5 Å². The monoisotopic (exact) mass is 416 g/mol. The van der Waals surface area contributed by atoms with Gasteiger partial charge in [0.1, 0.15) is 5.75 Å². The van der Waals surface area contributed by atoms with Gasteiger partial charge in [-0.15, -0.1) is 0 Å². The molecule has 1 aliphatic heterocycles. The van der Waals surface area contributed by atoms with E-state index < -0.39 is 10.0 Å². The van der Waals surface area contributed by atoms with Crippen molar-refractivity contribution in [3.63, 3.8) is 0 Å². The van der Waals surface area contributed by atoms with E-state index in [9.17, 15) is 13.2 Å². The Labute approximate surface area is 172 Å². The molecular weight excluding hydrogens is 388 g/mol. The number of hydrogen-bond donors (Lipinski definition) is 1. The molecule has 156 valence electrons. The molecule has 1 heterocycles. The smallest absolute Gasteiger partial charge is 0.243 e. The summed E-state index contributed by atoms with van der Waals surface area (Å²) >= 11 is 0. The van der Waals surface area contributed by atoms with Crippen LogP contribution in [0.15, 0.2) is 53.4 Å². The first-order chi connectivity index (χ1) is 14.0. The molecule has 2 aromatic rings. The predicted molar refractivity (Wildman–Crippen MR) is 114 cm³/mol. The Bertz CT molecular complexity index is 901. The average molecular weight is 417 g/mol. The summed E-state index contributed by atoms with van der Waals surface area (Å²) < 4.78 is 32.3. The number of methoxy groups -OCH3 is 1. The highest BCUT2D eigenvalue weighted by Crippen LogP contribution is 2.21. The van der Waals surface area contributed by atoms with Gasteiger partial charge in [-0.1, -0.05) is 25.0 Å². The van der Waals surface area contributed by atoms with Gasteiger partial charge in [0.05, 0.1) is 12.0 Å². The zero-order valence-electron chi connectivity index (χ0n) is 16.8. The van der Waals surface area contributed by atoms with Crippen LogP contribution in [0.5, 0.6) is 5.75 Å². The number of sulfonamides is 1. The highest BCUT2D eigenvalue weighted by molar-refractivity contribution is 7.89. The van der Waals surface area contributed by atoms with E-state index in [4.69, 9.17) is 4.74 Å². The van der Waals surface area contributed by atoms with Gasteiger partial charge in [-0.25, -0.2) is 8.42 Å². The fraction of sp³-hybridized carbons (Fsp3) is 0.409. The zero-order valence-corrected chi connectivity index (χ0v) is 17.6. The maximum Gasteiger partial charge on any atom is 0.243 e. The van der Waals surface area contributed by atoms with Crippen LogP contribution in [-0.4, -0.2) is 38.8 Å². The number of anilines is 1. The van der Waals surface area contributed by atoms with Crippen LogP contribution < -0.4 is 10.1 Å². The lowest BCUT2D eigenvalue weighted by Gasteiger charge is -2.20. The third-order valence-electron chi connectivity index (χ3n) is 5.14. The normalized spacial score (nSPS) is 15.5. The number of nitrogens with zero attached hydrogens (tertiary/aromatic N) is 1. The molecule has 0 saturated carbocycles. The Hall–Kier alpha value is -2.38. The van der Waals surface area contributed by atoms with E-state index in [1.807, 2.05) is 0 Å². The van der Waals surface area contributed by atoms with E-state index in [0.717, 1.165) is 42.7 Å². The van der Waals surface area contributed by atoms with Crippen LogP contribution >= 0.6 is 0 Å².